The second kappa shape index (κ2) is 16.9. The van der Waals surface area contributed by atoms with Gasteiger partial charge in [0.2, 0.25) is 0 Å². The Labute approximate surface area is 337 Å². The minimum Gasteiger partial charge on any atom is -0.147 e. The van der Waals surface area contributed by atoms with Crippen LogP contribution in [0.15, 0.2) is 96.1 Å². The van der Waals surface area contributed by atoms with Crippen LogP contribution in [0.3, 0.4) is 0 Å². The Morgan fingerprint density at radius 3 is 1.25 bits per heavy atom. The number of rotatable bonds is 10. The molecule has 3 heteroatoms. The smallest absolute Gasteiger partial charge is 0.147 e. The summed E-state index contributed by atoms with van der Waals surface area (Å²) in [4.78, 5) is 0. The Bertz CT molecular complexity index is 1800. The molecule has 9 rings (SSSR count). The van der Waals surface area contributed by atoms with E-state index in [-0.39, 0.29) is 24.8 Å². The van der Waals surface area contributed by atoms with Crippen LogP contribution in [-0.2, 0) is 32.8 Å². The third-order valence-corrected chi connectivity index (χ3v) is 32.8. The molecule has 3 fully saturated rings. The van der Waals surface area contributed by atoms with Crippen LogP contribution in [0.5, 0.6) is 0 Å². The van der Waals surface area contributed by atoms with Gasteiger partial charge in [-0.3, -0.25) is 0 Å². The molecule has 2 atom stereocenters. The summed E-state index contributed by atoms with van der Waals surface area (Å²) in [6.07, 6.45) is 24.5. The second-order valence-corrected chi connectivity index (χ2v) is 33.7. The molecule has 4 aromatic carbocycles. The third kappa shape index (κ3) is 7.31. The van der Waals surface area contributed by atoms with E-state index in [4.69, 9.17) is 0 Å². The first-order valence-electron chi connectivity index (χ1n) is 21.1. The summed E-state index contributed by atoms with van der Waals surface area (Å²) in [7, 11) is 0. The van der Waals surface area contributed by atoms with Crippen LogP contribution in [0.25, 0.3) is 34.4 Å². The van der Waals surface area contributed by atoms with Crippen molar-refractivity contribution >= 4 is 37.0 Å². The largest absolute Gasteiger partial charge is 0.147 e. The van der Waals surface area contributed by atoms with E-state index in [1.807, 2.05) is 11.1 Å². The minimum absolute atomic E-state index is 0. The van der Waals surface area contributed by atoms with Crippen molar-refractivity contribution in [1.29, 1.82) is 0 Å². The fourth-order valence-electron chi connectivity index (χ4n) is 11.4. The fraction of sp³-hybridized carbons (Fsp3) is 0.440. The number of hydrogen-bond acceptors (Lipinski definition) is 0. The van der Waals surface area contributed by atoms with Gasteiger partial charge in [0.15, 0.2) is 0 Å². The molecule has 0 amide bonds. The van der Waals surface area contributed by atoms with E-state index < -0.39 is 20.0 Å². The molecule has 1 heterocycles. The maximum atomic E-state index is 2.81. The number of halogens is 2. The number of hydrogen-bond donors (Lipinski definition) is 0. The first-order valence-corrected chi connectivity index (χ1v) is 30.3. The molecule has 53 heavy (non-hydrogen) atoms. The van der Waals surface area contributed by atoms with Gasteiger partial charge in [-0.25, -0.2) is 0 Å². The van der Waals surface area contributed by atoms with Gasteiger partial charge in [0.05, 0.1) is 0 Å². The third-order valence-electron chi connectivity index (χ3n) is 13.9. The molecular weight excluding hydrogens is 850 g/mol. The summed E-state index contributed by atoms with van der Waals surface area (Å²) in [5.74, 6) is 1.56. The maximum absolute atomic E-state index is 3.06. The number of benzene rings is 4. The van der Waals surface area contributed by atoms with Gasteiger partial charge in [-0.05, 0) is 0 Å². The molecule has 0 N–H and O–H groups in total. The molecule has 0 radical (unpaired) electrons. The molecule has 4 aromatic rings. The average Bonchev–Trinajstić information content (AvgIpc) is 3.70. The summed E-state index contributed by atoms with van der Waals surface area (Å²) in [5, 5.41) is 0. The molecular formula is C50H60Cl2Hf. The van der Waals surface area contributed by atoms with Crippen LogP contribution in [-0.4, -0.2) is 0 Å². The van der Waals surface area contributed by atoms with Gasteiger partial charge in [0.25, 0.3) is 0 Å². The van der Waals surface area contributed by atoms with Gasteiger partial charge in [-0.15, -0.1) is 24.8 Å². The van der Waals surface area contributed by atoms with Crippen molar-refractivity contribution in [2.75, 3.05) is 0 Å². The Hall–Kier alpha value is -2.19. The standard InChI is InChI=1S/2C24H27.C2H4.2ClH.Hf/c2*1-2-7-18-12-14-20(15-13-18)23-11-6-10-21-16-22(17-24(21)23)19-8-4-3-5-9-19;1-2;;;/h2*6,10-17,19H,2-5,7-9H2,1H3;1-2H2;2*1H;. The number of aryl methyl sites for hydroxylation is 2. The van der Waals surface area contributed by atoms with Crippen molar-refractivity contribution in [3.8, 4) is 22.3 Å². The van der Waals surface area contributed by atoms with Gasteiger partial charge < -0.3 is 0 Å². The Balaban J connectivity index is 0.00000218. The van der Waals surface area contributed by atoms with Gasteiger partial charge in [-0.1, -0.05) is 0 Å². The normalized spacial score (nSPS) is 21.8. The summed E-state index contributed by atoms with van der Waals surface area (Å²) < 4.78 is 4.63. The number of fused-ring (bicyclic) bond motifs is 2. The number of allylic oxidation sites excluding steroid dienone is 2. The molecule has 2 unspecified atom stereocenters. The fourth-order valence-corrected chi connectivity index (χ4v) is 39.6. The summed E-state index contributed by atoms with van der Waals surface area (Å²) in [6, 6.07) is 34.2. The van der Waals surface area contributed by atoms with Crippen molar-refractivity contribution in [1.82, 2.24) is 0 Å². The Kier molecular flexibility index (Phi) is 12.5. The molecule has 1 aliphatic heterocycles. The topological polar surface area (TPSA) is 0 Å². The molecule has 5 aliphatic rings. The Morgan fingerprint density at radius 2 is 0.887 bits per heavy atom. The van der Waals surface area contributed by atoms with Crippen LogP contribution in [0.1, 0.15) is 132 Å². The zero-order valence-electron chi connectivity index (χ0n) is 32.2. The predicted molar refractivity (Wildman–Crippen MR) is 230 cm³/mol. The van der Waals surface area contributed by atoms with Gasteiger partial charge >= 0.3 is 315 Å². The maximum Gasteiger partial charge on any atom is -0.147 e. The molecule has 4 aliphatic carbocycles. The average molecular weight is 910 g/mol. The predicted octanol–water partition coefficient (Wildman–Crippen LogP) is 15.5. The van der Waals surface area contributed by atoms with E-state index in [1.54, 1.807) is 30.6 Å². The van der Waals surface area contributed by atoms with Crippen molar-refractivity contribution in [3.05, 3.63) is 129 Å². The molecule has 0 nitrogen and oxygen atoms in total. The molecule has 0 aromatic heterocycles. The minimum atomic E-state index is -3.06. The van der Waals surface area contributed by atoms with Gasteiger partial charge in [0.1, 0.15) is 0 Å². The van der Waals surface area contributed by atoms with Crippen LogP contribution < -0.4 is 0 Å². The molecule has 0 spiro atoms. The van der Waals surface area contributed by atoms with Crippen LogP contribution in [0, 0.1) is 11.8 Å². The first kappa shape index (κ1) is 39.1. The molecule has 0 bridgehead atoms. The SMILES string of the molecule is CCCc1ccc(-c2cccc3c2C=C(C2CCCCC2)[CH]3[Hf]2([CH]3C(C4CCCCC4)=Cc4c(-c5ccc(CCC)cc5)cccc43)[CH2][CH2]2)cc1.Cl.Cl. The van der Waals surface area contributed by atoms with E-state index in [0.717, 1.165) is 19.2 Å². The van der Waals surface area contributed by atoms with Crippen molar-refractivity contribution in [3.63, 3.8) is 0 Å². The quantitative estimate of drug-likeness (QED) is 0.139. The van der Waals surface area contributed by atoms with E-state index in [9.17, 15) is 0 Å². The van der Waals surface area contributed by atoms with E-state index in [2.05, 4.69) is 111 Å². The monoisotopic (exact) mass is 910 g/mol. The second-order valence-electron chi connectivity index (χ2n) is 17.1. The van der Waals surface area contributed by atoms with E-state index in [1.165, 1.54) is 123 Å². The van der Waals surface area contributed by atoms with Crippen molar-refractivity contribution in [2.45, 2.75) is 119 Å². The zero-order chi connectivity index (χ0) is 34.4. The van der Waals surface area contributed by atoms with Gasteiger partial charge in [0, 0.05) is 0 Å². The van der Waals surface area contributed by atoms with Crippen LogP contribution in [0.2, 0.25) is 8.35 Å². The van der Waals surface area contributed by atoms with Crippen molar-refractivity contribution in [2.24, 2.45) is 11.8 Å². The summed E-state index contributed by atoms with van der Waals surface area (Å²) in [6.45, 7) is 4.58. The van der Waals surface area contributed by atoms with Crippen LogP contribution >= 0.6 is 24.8 Å². The van der Waals surface area contributed by atoms with Crippen LogP contribution in [0.4, 0.5) is 0 Å². The van der Waals surface area contributed by atoms with E-state index >= 15 is 0 Å². The summed E-state index contributed by atoms with van der Waals surface area (Å²) in [5.41, 5.74) is 19.2. The summed E-state index contributed by atoms with van der Waals surface area (Å²) >= 11 is -3.06. The molecule has 278 valence electrons. The molecule has 2 saturated carbocycles. The van der Waals surface area contributed by atoms with E-state index in [0.29, 0.717) is 0 Å². The zero-order valence-corrected chi connectivity index (χ0v) is 37.4. The van der Waals surface area contributed by atoms with Gasteiger partial charge in [-0.2, -0.15) is 0 Å². The van der Waals surface area contributed by atoms with Crippen molar-refractivity contribution < 1.29 is 20.0 Å². The molecule has 1 saturated heterocycles. The first-order chi connectivity index (χ1) is 25.2. The Morgan fingerprint density at radius 1 is 0.491 bits per heavy atom.